The molecule has 160 valence electrons. The number of benzene rings is 2. The molecule has 2 unspecified atom stereocenters. The van der Waals surface area contributed by atoms with Crippen molar-refractivity contribution in [1.82, 2.24) is 9.55 Å². The molecule has 5 heteroatoms. The van der Waals surface area contributed by atoms with Crippen LogP contribution < -0.4 is 10.5 Å². The fourth-order valence-corrected chi connectivity index (χ4v) is 5.88. The third kappa shape index (κ3) is 2.74. The van der Waals surface area contributed by atoms with Gasteiger partial charge in [0.1, 0.15) is 0 Å². The Balaban J connectivity index is 1.29. The van der Waals surface area contributed by atoms with E-state index in [4.69, 9.17) is 9.72 Å². The number of anilines is 1. The van der Waals surface area contributed by atoms with Gasteiger partial charge in [-0.25, -0.2) is 0 Å². The lowest BCUT2D eigenvalue weighted by atomic mass is 10.1. The van der Waals surface area contributed by atoms with Gasteiger partial charge in [0.2, 0.25) is 0 Å². The lowest BCUT2D eigenvalue weighted by molar-refractivity contribution is 0.0908. The number of aromatic nitrogens is 2. The first-order valence-corrected chi connectivity index (χ1v) is 11.6. The molecule has 3 aliphatic rings. The first-order valence-electron chi connectivity index (χ1n) is 11.6. The monoisotopic (exact) mass is 423 g/mol. The summed E-state index contributed by atoms with van der Waals surface area (Å²) in [6.45, 7) is 1.51. The predicted molar refractivity (Wildman–Crippen MR) is 126 cm³/mol. The fourth-order valence-electron chi connectivity index (χ4n) is 5.88. The van der Waals surface area contributed by atoms with E-state index >= 15 is 0 Å². The Labute approximate surface area is 186 Å². The minimum Gasteiger partial charge on any atom is -0.377 e. The van der Waals surface area contributed by atoms with E-state index in [-0.39, 0.29) is 11.6 Å². The van der Waals surface area contributed by atoms with Gasteiger partial charge in [-0.15, -0.1) is 0 Å². The molecule has 2 aromatic heterocycles. The van der Waals surface area contributed by atoms with Crippen molar-refractivity contribution in [3.8, 4) is 0 Å². The van der Waals surface area contributed by atoms with Crippen molar-refractivity contribution in [2.24, 2.45) is 0 Å². The van der Waals surface area contributed by atoms with Crippen LogP contribution in [0.25, 0.3) is 21.7 Å². The van der Waals surface area contributed by atoms with E-state index in [9.17, 15) is 4.79 Å². The number of para-hydroxylation sites is 1. The van der Waals surface area contributed by atoms with Gasteiger partial charge in [0, 0.05) is 29.2 Å². The third-order valence-corrected chi connectivity index (χ3v) is 7.57. The normalized spacial score (nSPS) is 26.7. The first-order chi connectivity index (χ1) is 15.8. The Morgan fingerprint density at radius 2 is 1.69 bits per heavy atom. The molecule has 2 saturated heterocycles. The van der Waals surface area contributed by atoms with Crippen LogP contribution in [0, 0.1) is 0 Å². The predicted octanol–water partition coefficient (Wildman–Crippen LogP) is 4.65. The van der Waals surface area contributed by atoms with Gasteiger partial charge in [0.25, 0.3) is 5.56 Å². The number of morpholine rings is 1. The zero-order valence-corrected chi connectivity index (χ0v) is 17.9. The van der Waals surface area contributed by atoms with Crippen LogP contribution in [0.4, 0.5) is 5.69 Å². The van der Waals surface area contributed by atoms with Crippen LogP contribution in [0.15, 0.2) is 71.7 Å². The maximum atomic E-state index is 13.8. The van der Waals surface area contributed by atoms with Crippen molar-refractivity contribution >= 4 is 27.4 Å². The second-order valence-electron chi connectivity index (χ2n) is 9.44. The molecule has 0 amide bonds. The molecule has 4 aromatic rings. The van der Waals surface area contributed by atoms with Crippen LogP contribution in [0.1, 0.15) is 36.9 Å². The van der Waals surface area contributed by atoms with Crippen molar-refractivity contribution in [1.29, 1.82) is 0 Å². The molecular formula is C27H25N3O2. The molecule has 5 nitrogen and oxygen atoms in total. The number of ether oxygens (including phenoxy) is 1. The number of nitrogens with zero attached hydrogens (tertiary/aromatic N) is 3. The molecule has 2 aliphatic heterocycles. The number of rotatable bonds is 3. The van der Waals surface area contributed by atoms with Gasteiger partial charge in [-0.1, -0.05) is 36.4 Å². The van der Waals surface area contributed by atoms with Gasteiger partial charge in [-0.05, 0) is 48.9 Å². The highest BCUT2D eigenvalue weighted by atomic mass is 16.5. The largest absolute Gasteiger partial charge is 0.377 e. The van der Waals surface area contributed by atoms with Crippen LogP contribution in [0.2, 0.25) is 0 Å². The highest BCUT2D eigenvalue weighted by Crippen LogP contribution is 2.50. The van der Waals surface area contributed by atoms with E-state index in [1.165, 1.54) is 0 Å². The molecule has 0 radical (unpaired) electrons. The number of hydrogen-bond acceptors (Lipinski definition) is 4. The van der Waals surface area contributed by atoms with Gasteiger partial charge in [-0.2, -0.15) is 0 Å². The molecule has 32 heavy (non-hydrogen) atoms. The third-order valence-electron chi connectivity index (χ3n) is 7.57. The van der Waals surface area contributed by atoms with Crippen molar-refractivity contribution in [2.75, 3.05) is 18.1 Å². The van der Waals surface area contributed by atoms with E-state index in [1.807, 2.05) is 22.9 Å². The molecule has 4 heterocycles. The van der Waals surface area contributed by atoms with Crippen molar-refractivity contribution < 1.29 is 4.74 Å². The number of fused-ring (bicyclic) bond motifs is 4. The van der Waals surface area contributed by atoms with Crippen molar-refractivity contribution in [3.05, 3.63) is 82.9 Å². The van der Waals surface area contributed by atoms with E-state index in [2.05, 4.69) is 53.4 Å². The average molecular weight is 424 g/mol. The Hall–Kier alpha value is -3.18. The van der Waals surface area contributed by atoms with Crippen molar-refractivity contribution in [2.45, 2.75) is 43.3 Å². The summed E-state index contributed by atoms with van der Waals surface area (Å²) in [5.74, 6) is 0.293. The van der Waals surface area contributed by atoms with Crippen LogP contribution in [0.5, 0.6) is 0 Å². The molecule has 1 saturated carbocycles. The van der Waals surface area contributed by atoms with Crippen molar-refractivity contribution in [3.63, 3.8) is 0 Å². The summed E-state index contributed by atoms with van der Waals surface area (Å²) in [7, 11) is 0. The first kappa shape index (κ1) is 18.4. The number of pyridine rings is 2. The summed E-state index contributed by atoms with van der Waals surface area (Å²) in [4.78, 5) is 21.1. The van der Waals surface area contributed by atoms with E-state index in [0.29, 0.717) is 18.0 Å². The van der Waals surface area contributed by atoms with Gasteiger partial charge < -0.3 is 14.2 Å². The lowest BCUT2D eigenvalue weighted by Gasteiger charge is -2.37. The van der Waals surface area contributed by atoms with E-state index in [1.54, 1.807) is 0 Å². The molecule has 7 rings (SSSR count). The fraction of sp³-hybridized carbons (Fsp3) is 0.333. The molecule has 2 aromatic carbocycles. The Bertz CT molecular complexity index is 1400. The molecule has 2 bridgehead atoms. The van der Waals surface area contributed by atoms with Crippen LogP contribution in [-0.4, -0.2) is 34.8 Å². The standard InChI is InChI=1S/C27H25N3O2/c31-27-26-18(5-3-7-24(26)30-19-9-10-20(30)16-32-15-19)12-13-29(27)25-14-21(25)23-11-8-17-4-1-2-6-22(17)28-23/h1-8,11-13,19-21,25H,9-10,14-16H2/t19-,20+,21?,25?. The summed E-state index contributed by atoms with van der Waals surface area (Å²) in [6, 6.07) is 21.8. The minimum atomic E-state index is 0.122. The molecule has 0 spiro atoms. The summed E-state index contributed by atoms with van der Waals surface area (Å²) in [5, 5.41) is 3.03. The molecular weight excluding hydrogens is 398 g/mol. The second kappa shape index (κ2) is 6.91. The number of hydrogen-bond donors (Lipinski definition) is 0. The summed E-state index contributed by atoms with van der Waals surface area (Å²) in [5.41, 5.74) is 3.31. The lowest BCUT2D eigenvalue weighted by Crippen LogP contribution is -2.46. The van der Waals surface area contributed by atoms with E-state index in [0.717, 1.165) is 65.5 Å². The molecule has 3 fully saturated rings. The zero-order valence-electron chi connectivity index (χ0n) is 17.9. The smallest absolute Gasteiger partial charge is 0.260 e. The van der Waals surface area contributed by atoms with Gasteiger partial charge in [-0.3, -0.25) is 9.78 Å². The minimum absolute atomic E-state index is 0.122. The van der Waals surface area contributed by atoms with Gasteiger partial charge in [0.05, 0.1) is 41.9 Å². The molecule has 0 N–H and O–H groups in total. The van der Waals surface area contributed by atoms with Crippen LogP contribution >= 0.6 is 0 Å². The summed E-state index contributed by atoms with van der Waals surface area (Å²) >= 11 is 0. The molecule has 4 atom stereocenters. The average Bonchev–Trinajstić information content (AvgIpc) is 3.58. The Morgan fingerprint density at radius 3 is 2.56 bits per heavy atom. The Kier molecular flexibility index (Phi) is 3.97. The van der Waals surface area contributed by atoms with Crippen LogP contribution in [0.3, 0.4) is 0 Å². The summed E-state index contributed by atoms with van der Waals surface area (Å²) in [6.07, 6.45) is 5.22. The van der Waals surface area contributed by atoms with Gasteiger partial charge >= 0.3 is 0 Å². The molecule has 1 aliphatic carbocycles. The maximum Gasteiger partial charge on any atom is 0.260 e. The second-order valence-corrected chi connectivity index (χ2v) is 9.44. The van der Waals surface area contributed by atoms with Gasteiger partial charge in [0.15, 0.2) is 0 Å². The highest BCUT2D eigenvalue weighted by molar-refractivity contribution is 5.94. The Morgan fingerprint density at radius 1 is 0.875 bits per heavy atom. The summed E-state index contributed by atoms with van der Waals surface area (Å²) < 4.78 is 7.74. The quantitative estimate of drug-likeness (QED) is 0.481. The zero-order chi connectivity index (χ0) is 21.2. The van der Waals surface area contributed by atoms with E-state index < -0.39 is 0 Å². The maximum absolute atomic E-state index is 13.8. The topological polar surface area (TPSA) is 47.4 Å². The SMILES string of the molecule is O=c1c2c(N3[C@@H]4CC[C@H]3COC4)cccc2ccn1C1CC1c1ccc2ccccc2n1. The highest BCUT2D eigenvalue weighted by Gasteiger charge is 2.42. The van der Waals surface area contributed by atoms with Crippen LogP contribution in [-0.2, 0) is 4.74 Å².